The van der Waals surface area contributed by atoms with Crippen LogP contribution in [-0.4, -0.2) is 50.3 Å². The van der Waals surface area contributed by atoms with Gasteiger partial charge in [0.2, 0.25) is 0 Å². The highest BCUT2D eigenvalue weighted by atomic mass is 16.5. The first-order valence-corrected chi connectivity index (χ1v) is 6.25. The van der Waals surface area contributed by atoms with E-state index in [2.05, 4.69) is 30.8 Å². The third-order valence-electron chi connectivity index (χ3n) is 3.24. The van der Waals surface area contributed by atoms with Crippen molar-refractivity contribution in [1.82, 2.24) is 10.2 Å². The van der Waals surface area contributed by atoms with Crippen molar-refractivity contribution in [2.24, 2.45) is 0 Å². The molecule has 1 aliphatic rings. The quantitative estimate of drug-likeness (QED) is 0.550. The predicted molar refractivity (Wildman–Crippen MR) is 68.7 cm³/mol. The van der Waals surface area contributed by atoms with Gasteiger partial charge < -0.3 is 15.0 Å². The summed E-state index contributed by atoms with van der Waals surface area (Å²) in [6.45, 7) is 11.7. The van der Waals surface area contributed by atoms with Crippen LogP contribution in [0, 0.1) is 0 Å². The zero-order valence-corrected chi connectivity index (χ0v) is 11.0. The smallest absolute Gasteiger partial charge is 0.0672 e. The third kappa shape index (κ3) is 5.10. The van der Waals surface area contributed by atoms with Crippen molar-refractivity contribution in [3.63, 3.8) is 0 Å². The molecule has 3 nitrogen and oxygen atoms in total. The summed E-state index contributed by atoms with van der Waals surface area (Å²) in [5.74, 6) is 0. The molecule has 0 bridgehead atoms. The summed E-state index contributed by atoms with van der Waals surface area (Å²) >= 11 is 0. The largest absolute Gasteiger partial charge is 0.376 e. The number of hydrogen-bond donors (Lipinski definition) is 1. The molecule has 1 rings (SSSR count). The minimum Gasteiger partial charge on any atom is -0.376 e. The molecule has 1 N–H and O–H groups in total. The van der Waals surface area contributed by atoms with Crippen LogP contribution in [0.1, 0.15) is 26.7 Å². The van der Waals surface area contributed by atoms with Gasteiger partial charge in [-0.05, 0) is 40.3 Å². The maximum atomic E-state index is 5.46. The van der Waals surface area contributed by atoms with Gasteiger partial charge in [-0.25, -0.2) is 0 Å². The van der Waals surface area contributed by atoms with E-state index in [1.807, 2.05) is 6.92 Å². The van der Waals surface area contributed by atoms with Crippen LogP contribution in [0.25, 0.3) is 0 Å². The molecule has 1 fully saturated rings. The fraction of sp³-hybridized carbons (Fsp3) is 0.846. The zero-order chi connectivity index (χ0) is 12.0. The second-order valence-electron chi connectivity index (χ2n) is 5.01. The first-order valence-electron chi connectivity index (χ1n) is 6.25. The summed E-state index contributed by atoms with van der Waals surface area (Å²) in [7, 11) is 2.21. The SMILES string of the molecule is C=C(C)COCCNC1CCN(C)C(C)C1. The molecule has 16 heavy (non-hydrogen) atoms. The summed E-state index contributed by atoms with van der Waals surface area (Å²) in [4.78, 5) is 2.43. The van der Waals surface area contributed by atoms with Crippen molar-refractivity contribution >= 4 is 0 Å². The minimum atomic E-state index is 0.666. The predicted octanol–water partition coefficient (Wildman–Crippen LogP) is 1.65. The molecule has 0 aromatic heterocycles. The fourth-order valence-electron chi connectivity index (χ4n) is 2.06. The van der Waals surface area contributed by atoms with Gasteiger partial charge in [0.25, 0.3) is 0 Å². The van der Waals surface area contributed by atoms with Gasteiger partial charge in [0.1, 0.15) is 0 Å². The van der Waals surface area contributed by atoms with Crippen LogP contribution in [0.3, 0.4) is 0 Å². The molecule has 2 unspecified atom stereocenters. The van der Waals surface area contributed by atoms with Crippen LogP contribution in [0.15, 0.2) is 12.2 Å². The van der Waals surface area contributed by atoms with Crippen LogP contribution in [0.2, 0.25) is 0 Å². The van der Waals surface area contributed by atoms with Crippen LogP contribution in [-0.2, 0) is 4.74 Å². The number of piperidine rings is 1. The van der Waals surface area contributed by atoms with Crippen molar-refractivity contribution in [3.05, 3.63) is 12.2 Å². The lowest BCUT2D eigenvalue weighted by atomic mass is 9.99. The van der Waals surface area contributed by atoms with Crippen LogP contribution >= 0.6 is 0 Å². The number of likely N-dealkylation sites (tertiary alicyclic amines) is 1. The van der Waals surface area contributed by atoms with E-state index in [0.717, 1.165) is 18.7 Å². The van der Waals surface area contributed by atoms with E-state index in [1.54, 1.807) is 0 Å². The Morgan fingerprint density at radius 2 is 2.31 bits per heavy atom. The van der Waals surface area contributed by atoms with E-state index in [4.69, 9.17) is 4.74 Å². The topological polar surface area (TPSA) is 24.5 Å². The third-order valence-corrected chi connectivity index (χ3v) is 3.24. The van der Waals surface area contributed by atoms with Gasteiger partial charge in [-0.3, -0.25) is 0 Å². The zero-order valence-electron chi connectivity index (χ0n) is 11.0. The van der Waals surface area contributed by atoms with Gasteiger partial charge in [0.15, 0.2) is 0 Å². The standard InChI is InChI=1S/C13H26N2O/c1-11(2)10-16-8-6-14-13-5-7-15(4)12(3)9-13/h12-14H,1,5-10H2,2-4H3. The molecule has 0 spiro atoms. The van der Waals surface area contributed by atoms with Gasteiger partial charge >= 0.3 is 0 Å². The molecule has 1 aliphatic heterocycles. The summed E-state index contributed by atoms with van der Waals surface area (Å²) in [6.07, 6.45) is 2.50. The lowest BCUT2D eigenvalue weighted by Crippen LogP contribution is -2.46. The highest BCUT2D eigenvalue weighted by molar-refractivity contribution is 4.87. The van der Waals surface area contributed by atoms with Crippen molar-refractivity contribution in [1.29, 1.82) is 0 Å². The Morgan fingerprint density at radius 3 is 2.94 bits per heavy atom. The first kappa shape index (κ1) is 13.7. The fourth-order valence-corrected chi connectivity index (χ4v) is 2.06. The molecule has 3 heteroatoms. The highest BCUT2D eigenvalue weighted by Crippen LogP contribution is 2.14. The maximum Gasteiger partial charge on any atom is 0.0672 e. The normalized spacial score (nSPS) is 26.9. The van der Waals surface area contributed by atoms with E-state index in [0.29, 0.717) is 18.7 Å². The number of rotatable bonds is 6. The minimum absolute atomic E-state index is 0.666. The Balaban J connectivity index is 2.03. The van der Waals surface area contributed by atoms with Crippen molar-refractivity contribution in [2.75, 3.05) is 33.4 Å². The number of ether oxygens (including phenoxy) is 1. The molecule has 1 saturated heterocycles. The monoisotopic (exact) mass is 226 g/mol. The summed E-state index contributed by atoms with van der Waals surface area (Å²) in [6, 6.07) is 1.36. The molecular weight excluding hydrogens is 200 g/mol. The molecule has 1 heterocycles. The Bertz CT molecular complexity index is 218. The van der Waals surface area contributed by atoms with Gasteiger partial charge in [0.05, 0.1) is 13.2 Å². The number of nitrogens with zero attached hydrogens (tertiary/aromatic N) is 1. The molecule has 2 atom stereocenters. The number of nitrogens with one attached hydrogen (secondary N) is 1. The summed E-state index contributed by atoms with van der Waals surface area (Å²) < 4.78 is 5.46. The van der Waals surface area contributed by atoms with Crippen LogP contribution in [0.4, 0.5) is 0 Å². The average molecular weight is 226 g/mol. The Labute approximate surface area is 99.8 Å². The maximum absolute atomic E-state index is 5.46. The van der Waals surface area contributed by atoms with Gasteiger partial charge in [0, 0.05) is 18.6 Å². The van der Waals surface area contributed by atoms with Gasteiger partial charge in [-0.15, -0.1) is 0 Å². The molecule has 94 valence electrons. The Kier molecular flexibility index (Phi) is 6.03. The van der Waals surface area contributed by atoms with Crippen LogP contribution < -0.4 is 5.32 Å². The second kappa shape index (κ2) is 7.05. The molecule has 0 radical (unpaired) electrons. The molecular formula is C13H26N2O. The Hall–Kier alpha value is -0.380. The molecule has 0 aliphatic carbocycles. The van der Waals surface area contributed by atoms with Crippen LogP contribution in [0.5, 0.6) is 0 Å². The average Bonchev–Trinajstić information content (AvgIpc) is 2.22. The van der Waals surface area contributed by atoms with E-state index in [-0.39, 0.29) is 0 Å². The molecule has 0 aromatic carbocycles. The lowest BCUT2D eigenvalue weighted by molar-refractivity contribution is 0.138. The van der Waals surface area contributed by atoms with Crippen molar-refractivity contribution in [2.45, 2.75) is 38.8 Å². The van der Waals surface area contributed by atoms with E-state index < -0.39 is 0 Å². The Morgan fingerprint density at radius 1 is 1.56 bits per heavy atom. The number of hydrogen-bond acceptors (Lipinski definition) is 3. The van der Waals surface area contributed by atoms with Gasteiger partial charge in [-0.1, -0.05) is 12.2 Å². The molecule has 0 amide bonds. The first-order chi connectivity index (χ1) is 7.59. The molecule has 0 aromatic rings. The second-order valence-corrected chi connectivity index (χ2v) is 5.01. The van der Waals surface area contributed by atoms with E-state index >= 15 is 0 Å². The van der Waals surface area contributed by atoms with Gasteiger partial charge in [-0.2, -0.15) is 0 Å². The highest BCUT2D eigenvalue weighted by Gasteiger charge is 2.21. The lowest BCUT2D eigenvalue weighted by Gasteiger charge is -2.35. The van der Waals surface area contributed by atoms with Crippen molar-refractivity contribution < 1.29 is 4.74 Å². The van der Waals surface area contributed by atoms with E-state index in [9.17, 15) is 0 Å². The van der Waals surface area contributed by atoms with E-state index in [1.165, 1.54) is 19.4 Å². The van der Waals surface area contributed by atoms with Crippen molar-refractivity contribution in [3.8, 4) is 0 Å². The molecule has 0 saturated carbocycles. The summed E-state index contributed by atoms with van der Waals surface area (Å²) in [5.41, 5.74) is 1.09. The summed E-state index contributed by atoms with van der Waals surface area (Å²) in [5, 5.41) is 3.56.